The van der Waals surface area contributed by atoms with Gasteiger partial charge < -0.3 is 24.1 Å². The van der Waals surface area contributed by atoms with Crippen LogP contribution in [0.1, 0.15) is 66.2 Å². The van der Waals surface area contributed by atoms with Crippen LogP contribution in [0.15, 0.2) is 11.6 Å². The van der Waals surface area contributed by atoms with Crippen molar-refractivity contribution < 1.29 is 28.9 Å². The maximum atomic E-state index is 10.2. The van der Waals surface area contributed by atoms with Crippen LogP contribution in [0.3, 0.4) is 0 Å². The van der Waals surface area contributed by atoms with Crippen molar-refractivity contribution >= 4 is 13.3 Å². The molecule has 0 saturated heterocycles. The number of rotatable bonds is 5. The Morgan fingerprint density at radius 2 is 2.00 bits per heavy atom. The third-order valence-corrected chi connectivity index (χ3v) is 6.82. The molecule has 3 rings (SSSR count). The zero-order valence-corrected chi connectivity index (χ0v) is 18.8. The first-order valence-electron chi connectivity index (χ1n) is 10.8. The van der Waals surface area contributed by atoms with Crippen LogP contribution < -0.4 is 0 Å². The van der Waals surface area contributed by atoms with Crippen LogP contribution >= 0.6 is 0 Å². The molecule has 0 bridgehead atoms. The second-order valence-corrected chi connectivity index (χ2v) is 8.65. The molecule has 1 heterocycles. The van der Waals surface area contributed by atoms with E-state index in [1.807, 2.05) is 6.79 Å². The van der Waals surface area contributed by atoms with Crippen molar-refractivity contribution in [3.05, 3.63) is 11.6 Å². The quantitative estimate of drug-likeness (QED) is 0.548. The monoisotopic (exact) mass is 412 g/mol. The highest BCUT2D eigenvalue weighted by atomic mass is 16.5. The number of hydrogen-bond donors (Lipinski definition) is 1. The summed E-state index contributed by atoms with van der Waals surface area (Å²) in [5.41, 5.74) is 1.32. The van der Waals surface area contributed by atoms with Gasteiger partial charge in [-0.2, -0.15) is 0 Å². The summed E-state index contributed by atoms with van der Waals surface area (Å²) in [5.74, 6) is 1.85. The Hall–Kier alpha value is -1.24. The van der Waals surface area contributed by atoms with Crippen molar-refractivity contribution in [2.75, 3.05) is 13.7 Å². The molecular formula is C23H40O6. The summed E-state index contributed by atoms with van der Waals surface area (Å²) >= 11 is 0. The Bertz CT molecular complexity index is 521. The molecule has 168 valence electrons. The number of fused-ring (bicyclic) bond motifs is 1. The molecule has 3 aliphatic rings. The van der Waals surface area contributed by atoms with Crippen LogP contribution in [-0.4, -0.2) is 56.0 Å². The highest BCUT2D eigenvalue weighted by Gasteiger charge is 2.45. The SMILES string of the molecule is C=O.CCC(OC1(C)CCC2C(CC[C@@H](O)C2C)C1)C1=CCOC1C.COC=O. The lowest BCUT2D eigenvalue weighted by Crippen LogP contribution is -2.47. The molecule has 6 nitrogen and oxygen atoms in total. The van der Waals surface area contributed by atoms with Gasteiger partial charge in [0.05, 0.1) is 37.6 Å². The van der Waals surface area contributed by atoms with Crippen molar-refractivity contribution in [1.82, 2.24) is 0 Å². The van der Waals surface area contributed by atoms with Crippen molar-refractivity contribution in [2.45, 2.75) is 90.1 Å². The molecule has 6 unspecified atom stereocenters. The van der Waals surface area contributed by atoms with Crippen molar-refractivity contribution in [3.8, 4) is 0 Å². The molecule has 0 aromatic carbocycles. The van der Waals surface area contributed by atoms with Crippen LogP contribution in [0.2, 0.25) is 0 Å². The Kier molecular flexibility index (Phi) is 11.1. The minimum atomic E-state index is -0.0912. The fourth-order valence-electron chi connectivity index (χ4n) is 5.24. The van der Waals surface area contributed by atoms with Gasteiger partial charge in [-0.3, -0.25) is 4.79 Å². The van der Waals surface area contributed by atoms with Gasteiger partial charge in [0.1, 0.15) is 6.79 Å². The van der Waals surface area contributed by atoms with Gasteiger partial charge in [-0.15, -0.1) is 0 Å². The number of hydrogen-bond acceptors (Lipinski definition) is 6. The number of carbonyl (C=O) groups excluding carboxylic acids is 2. The van der Waals surface area contributed by atoms with E-state index in [0.29, 0.717) is 18.3 Å². The maximum absolute atomic E-state index is 10.2. The first kappa shape index (κ1) is 25.8. The molecule has 0 radical (unpaired) electrons. The van der Waals surface area contributed by atoms with Gasteiger partial charge in [0, 0.05) is 0 Å². The van der Waals surface area contributed by atoms with Crippen molar-refractivity contribution in [3.63, 3.8) is 0 Å². The van der Waals surface area contributed by atoms with Gasteiger partial charge in [-0.05, 0) is 75.7 Å². The van der Waals surface area contributed by atoms with Crippen LogP contribution in [0.25, 0.3) is 0 Å². The Balaban J connectivity index is 0.000000627. The van der Waals surface area contributed by atoms with Crippen LogP contribution in [-0.2, 0) is 23.8 Å². The van der Waals surface area contributed by atoms with Crippen LogP contribution in [0.5, 0.6) is 0 Å². The highest BCUT2D eigenvalue weighted by molar-refractivity contribution is 5.36. The zero-order chi connectivity index (χ0) is 22.0. The summed E-state index contributed by atoms with van der Waals surface area (Å²) in [6, 6.07) is 0. The van der Waals surface area contributed by atoms with Crippen molar-refractivity contribution in [2.24, 2.45) is 17.8 Å². The van der Waals surface area contributed by atoms with E-state index in [-0.39, 0.29) is 23.9 Å². The molecule has 2 saturated carbocycles. The largest absolute Gasteiger partial charge is 0.471 e. The summed E-state index contributed by atoms with van der Waals surface area (Å²) < 4.78 is 16.2. The number of carbonyl (C=O) groups is 2. The number of aliphatic hydroxyl groups is 1. The van der Waals surface area contributed by atoms with Gasteiger partial charge >= 0.3 is 0 Å². The molecule has 2 fully saturated rings. The van der Waals surface area contributed by atoms with E-state index < -0.39 is 0 Å². The summed E-state index contributed by atoms with van der Waals surface area (Å²) in [5, 5.41) is 10.2. The first-order valence-corrected chi connectivity index (χ1v) is 10.8. The fraction of sp³-hybridized carbons (Fsp3) is 0.826. The van der Waals surface area contributed by atoms with Gasteiger partial charge in [-0.25, -0.2) is 0 Å². The fourth-order valence-corrected chi connectivity index (χ4v) is 5.24. The lowest BCUT2D eigenvalue weighted by atomic mass is 9.61. The van der Waals surface area contributed by atoms with E-state index in [1.165, 1.54) is 19.1 Å². The second-order valence-electron chi connectivity index (χ2n) is 8.65. The number of ether oxygens (including phenoxy) is 3. The molecule has 0 spiro atoms. The number of aliphatic hydroxyl groups excluding tert-OH is 1. The van der Waals surface area contributed by atoms with Gasteiger partial charge in [0.15, 0.2) is 0 Å². The molecule has 7 atom stereocenters. The lowest BCUT2D eigenvalue weighted by molar-refractivity contribution is -0.132. The molecule has 29 heavy (non-hydrogen) atoms. The molecule has 2 aliphatic carbocycles. The van der Waals surface area contributed by atoms with Gasteiger partial charge in [0.2, 0.25) is 0 Å². The molecule has 0 aromatic rings. The average molecular weight is 413 g/mol. The predicted octanol–water partition coefficient (Wildman–Crippen LogP) is 3.70. The van der Waals surface area contributed by atoms with E-state index in [4.69, 9.17) is 19.1 Å². The van der Waals surface area contributed by atoms with Crippen LogP contribution in [0, 0.1) is 17.8 Å². The summed E-state index contributed by atoms with van der Waals surface area (Å²) in [4.78, 5) is 17.0. The van der Waals surface area contributed by atoms with E-state index in [9.17, 15) is 5.11 Å². The molecular weight excluding hydrogens is 372 g/mol. The van der Waals surface area contributed by atoms with E-state index in [1.54, 1.807) is 0 Å². The molecule has 0 amide bonds. The highest BCUT2D eigenvalue weighted by Crippen LogP contribution is 2.48. The van der Waals surface area contributed by atoms with Gasteiger partial charge in [0.25, 0.3) is 6.47 Å². The normalized spacial score (nSPS) is 36.9. The smallest absolute Gasteiger partial charge is 0.292 e. The maximum Gasteiger partial charge on any atom is 0.292 e. The topological polar surface area (TPSA) is 82.1 Å². The summed E-state index contributed by atoms with van der Waals surface area (Å²) in [6.45, 7) is 12.0. The molecule has 0 aromatic heterocycles. The minimum absolute atomic E-state index is 0.0208. The van der Waals surface area contributed by atoms with E-state index in [0.717, 1.165) is 44.6 Å². The Labute approximate surface area is 176 Å². The minimum Gasteiger partial charge on any atom is -0.471 e. The van der Waals surface area contributed by atoms with Gasteiger partial charge in [-0.1, -0.05) is 19.9 Å². The lowest BCUT2D eigenvalue weighted by Gasteiger charge is -2.49. The first-order chi connectivity index (χ1) is 13.8. The number of methoxy groups -OCH3 is 1. The van der Waals surface area contributed by atoms with E-state index in [2.05, 4.69) is 38.5 Å². The average Bonchev–Trinajstić information content (AvgIpc) is 3.16. The summed E-state index contributed by atoms with van der Waals surface area (Å²) in [6.07, 6.45) is 9.11. The van der Waals surface area contributed by atoms with Crippen molar-refractivity contribution in [1.29, 1.82) is 0 Å². The Morgan fingerprint density at radius 1 is 1.34 bits per heavy atom. The third kappa shape index (κ3) is 6.90. The second kappa shape index (κ2) is 12.5. The molecule has 1 N–H and O–H groups in total. The third-order valence-electron chi connectivity index (χ3n) is 6.82. The van der Waals surface area contributed by atoms with E-state index >= 15 is 0 Å². The zero-order valence-electron chi connectivity index (χ0n) is 18.8. The molecule has 1 aliphatic heterocycles. The van der Waals surface area contributed by atoms with Crippen LogP contribution in [0.4, 0.5) is 0 Å². The standard InChI is InChI=1S/C20H34O3.C2H4O2.CH2O/c1-5-19(17-9-11-22-14(17)3)23-20(4)10-8-16-13(2)18(21)7-6-15(16)12-20;1-4-2-3;1-2/h9,13-16,18-19,21H,5-8,10-12H2,1-4H3;2H,1H3;1H2/t13?,14?,15?,16?,18-,19?,20?;;/m1../s1. The Morgan fingerprint density at radius 3 is 2.52 bits per heavy atom. The molecule has 6 heteroatoms. The predicted molar refractivity (Wildman–Crippen MR) is 112 cm³/mol. The summed E-state index contributed by atoms with van der Waals surface area (Å²) in [7, 11) is 1.31.